The fraction of sp³-hybridized carbons (Fsp3) is 0.269. The van der Waals surface area contributed by atoms with Crippen molar-refractivity contribution in [3.05, 3.63) is 100 Å². The molecule has 2 aromatic carbocycles. The summed E-state index contributed by atoms with van der Waals surface area (Å²) in [6.07, 6.45) is 2.49. The van der Waals surface area contributed by atoms with E-state index in [0.717, 1.165) is 33.5 Å². The molecule has 0 bridgehead atoms. The lowest BCUT2D eigenvalue weighted by Gasteiger charge is -2.21. The fourth-order valence-electron chi connectivity index (χ4n) is 3.83. The van der Waals surface area contributed by atoms with E-state index in [0.29, 0.717) is 12.1 Å². The molecule has 32 heavy (non-hydrogen) atoms. The molecule has 1 aromatic heterocycles. The van der Waals surface area contributed by atoms with Gasteiger partial charge in [-0.1, -0.05) is 53.7 Å². The Morgan fingerprint density at radius 1 is 1.09 bits per heavy atom. The maximum Gasteiger partial charge on any atom is 0.224 e. The van der Waals surface area contributed by atoms with Crippen molar-refractivity contribution in [3.8, 4) is 0 Å². The molecule has 166 valence electrons. The molecule has 0 fully saturated rings. The predicted octanol–water partition coefficient (Wildman–Crippen LogP) is 3.75. The summed E-state index contributed by atoms with van der Waals surface area (Å²) >= 11 is 0. The lowest BCUT2D eigenvalue weighted by molar-refractivity contribution is -0.120. The smallest absolute Gasteiger partial charge is 0.224 e. The van der Waals surface area contributed by atoms with E-state index in [2.05, 4.69) is 34.5 Å². The van der Waals surface area contributed by atoms with Gasteiger partial charge in [0, 0.05) is 36.3 Å². The van der Waals surface area contributed by atoms with Crippen molar-refractivity contribution in [3.63, 3.8) is 0 Å². The van der Waals surface area contributed by atoms with Gasteiger partial charge in [0.05, 0.1) is 18.7 Å². The topological polar surface area (TPSA) is 94.8 Å². The van der Waals surface area contributed by atoms with Crippen molar-refractivity contribution < 1.29 is 15.1 Å². The Morgan fingerprint density at radius 2 is 1.84 bits per heavy atom. The largest absolute Gasteiger partial charge is 0.411 e. The van der Waals surface area contributed by atoms with Crippen molar-refractivity contribution in [1.82, 2.24) is 10.3 Å². The average Bonchev–Trinajstić information content (AvgIpc) is 2.80. The minimum absolute atomic E-state index is 0.0205. The summed E-state index contributed by atoms with van der Waals surface area (Å²) in [5.74, 6) is -0.141. The molecule has 1 heterocycles. The van der Waals surface area contributed by atoms with E-state index >= 15 is 0 Å². The standard InChI is InChI=1S/C26H29N3O3/c1-18-5-3-4-6-23(18)24(17-25(29-32)22-11-12-27-19(2)15-22)21-9-7-20(8-10-21)16-26(31)28-13-14-30/h3-12,15,24,30,32H,13-14,16-17H2,1-2H3,(H,28,31)/t24-/m1/s1. The number of pyridine rings is 1. The van der Waals surface area contributed by atoms with Gasteiger partial charge in [-0.3, -0.25) is 9.78 Å². The zero-order valence-electron chi connectivity index (χ0n) is 18.5. The number of amides is 1. The van der Waals surface area contributed by atoms with Crippen LogP contribution in [0.1, 0.15) is 45.8 Å². The normalized spacial score (nSPS) is 12.4. The molecule has 0 saturated heterocycles. The number of benzene rings is 2. The molecule has 3 aromatic rings. The summed E-state index contributed by atoms with van der Waals surface area (Å²) in [5, 5.41) is 24.9. The third kappa shape index (κ3) is 6.02. The van der Waals surface area contributed by atoms with Crippen LogP contribution in [0.5, 0.6) is 0 Å². The third-order valence-electron chi connectivity index (χ3n) is 5.49. The number of nitrogens with zero attached hydrogens (tertiary/aromatic N) is 2. The van der Waals surface area contributed by atoms with Crippen LogP contribution in [0.4, 0.5) is 0 Å². The van der Waals surface area contributed by atoms with Crippen molar-refractivity contribution in [1.29, 1.82) is 0 Å². The monoisotopic (exact) mass is 431 g/mol. The number of hydrogen-bond acceptors (Lipinski definition) is 5. The lowest BCUT2D eigenvalue weighted by atomic mass is 9.83. The van der Waals surface area contributed by atoms with Crippen molar-refractivity contribution in [2.45, 2.75) is 32.6 Å². The molecule has 0 saturated carbocycles. The van der Waals surface area contributed by atoms with Crippen LogP contribution in [0.2, 0.25) is 0 Å². The first-order chi connectivity index (χ1) is 15.5. The number of aromatic nitrogens is 1. The Morgan fingerprint density at radius 3 is 2.50 bits per heavy atom. The Bertz CT molecular complexity index is 1080. The van der Waals surface area contributed by atoms with Gasteiger partial charge in [0.1, 0.15) is 0 Å². The minimum Gasteiger partial charge on any atom is -0.411 e. The van der Waals surface area contributed by atoms with E-state index in [1.54, 1.807) is 6.20 Å². The first kappa shape index (κ1) is 23.2. The molecule has 3 N–H and O–H groups in total. The van der Waals surface area contributed by atoms with Gasteiger partial charge in [-0.2, -0.15) is 0 Å². The van der Waals surface area contributed by atoms with Gasteiger partial charge >= 0.3 is 0 Å². The zero-order valence-corrected chi connectivity index (χ0v) is 18.5. The van der Waals surface area contributed by atoms with E-state index in [1.807, 2.05) is 55.5 Å². The van der Waals surface area contributed by atoms with Crippen LogP contribution in [-0.2, 0) is 11.2 Å². The Labute approximate surface area is 188 Å². The SMILES string of the molecule is Cc1cc(C(C[C@H](c2ccc(CC(=O)NCCO)cc2)c2ccccc2C)=NO)ccn1. The molecule has 6 nitrogen and oxygen atoms in total. The quantitative estimate of drug-likeness (QED) is 0.273. The highest BCUT2D eigenvalue weighted by molar-refractivity contribution is 6.01. The van der Waals surface area contributed by atoms with Crippen molar-refractivity contribution in [2.24, 2.45) is 5.16 Å². The summed E-state index contributed by atoms with van der Waals surface area (Å²) in [6.45, 7) is 4.17. The van der Waals surface area contributed by atoms with Gasteiger partial charge in [-0.25, -0.2) is 0 Å². The second-order valence-electron chi connectivity index (χ2n) is 7.84. The van der Waals surface area contributed by atoms with Gasteiger partial charge in [0.2, 0.25) is 5.91 Å². The Hall–Kier alpha value is -3.51. The summed E-state index contributed by atoms with van der Waals surface area (Å²) in [6, 6.07) is 19.9. The van der Waals surface area contributed by atoms with E-state index in [4.69, 9.17) is 5.11 Å². The first-order valence-electron chi connectivity index (χ1n) is 10.7. The maximum absolute atomic E-state index is 12.0. The third-order valence-corrected chi connectivity index (χ3v) is 5.49. The predicted molar refractivity (Wildman–Crippen MR) is 125 cm³/mol. The second-order valence-corrected chi connectivity index (χ2v) is 7.84. The van der Waals surface area contributed by atoms with E-state index in [-0.39, 0.29) is 31.4 Å². The van der Waals surface area contributed by atoms with E-state index in [9.17, 15) is 10.0 Å². The van der Waals surface area contributed by atoms with E-state index < -0.39 is 0 Å². The highest BCUT2D eigenvalue weighted by Gasteiger charge is 2.20. The van der Waals surface area contributed by atoms with Gasteiger partial charge < -0.3 is 15.6 Å². The second kappa shape index (κ2) is 11.2. The first-order valence-corrected chi connectivity index (χ1v) is 10.7. The molecule has 3 rings (SSSR count). The number of hydrogen-bond donors (Lipinski definition) is 3. The summed E-state index contributed by atoms with van der Waals surface area (Å²) in [4.78, 5) is 16.2. The summed E-state index contributed by atoms with van der Waals surface area (Å²) in [5.41, 5.74) is 6.59. The average molecular weight is 432 g/mol. The zero-order chi connectivity index (χ0) is 22.9. The number of carbonyl (C=O) groups excluding carboxylic acids is 1. The van der Waals surface area contributed by atoms with Gasteiger partial charge in [-0.05, 0) is 48.2 Å². The van der Waals surface area contributed by atoms with Crippen LogP contribution >= 0.6 is 0 Å². The Kier molecular flexibility index (Phi) is 8.11. The molecule has 6 heteroatoms. The molecule has 0 aliphatic rings. The lowest BCUT2D eigenvalue weighted by Crippen LogP contribution is -2.27. The molecule has 1 atom stereocenters. The molecule has 0 aliphatic heterocycles. The number of aliphatic hydroxyl groups is 1. The molecule has 1 amide bonds. The Balaban J connectivity index is 1.90. The van der Waals surface area contributed by atoms with Crippen LogP contribution < -0.4 is 5.32 Å². The number of oxime groups is 1. The summed E-state index contributed by atoms with van der Waals surface area (Å²) < 4.78 is 0. The number of carbonyl (C=O) groups is 1. The number of nitrogens with one attached hydrogen (secondary N) is 1. The molecule has 0 unspecified atom stereocenters. The minimum atomic E-state index is -0.120. The molecule has 0 spiro atoms. The van der Waals surface area contributed by atoms with E-state index in [1.165, 1.54) is 0 Å². The van der Waals surface area contributed by atoms with Crippen LogP contribution in [0, 0.1) is 13.8 Å². The van der Waals surface area contributed by atoms with Crippen molar-refractivity contribution >= 4 is 11.6 Å². The number of aryl methyl sites for hydroxylation is 2. The van der Waals surface area contributed by atoms with Crippen LogP contribution in [-0.4, -0.2) is 40.1 Å². The molecular weight excluding hydrogens is 402 g/mol. The number of rotatable bonds is 9. The number of aliphatic hydroxyl groups excluding tert-OH is 1. The summed E-state index contributed by atoms with van der Waals surface area (Å²) in [7, 11) is 0. The van der Waals surface area contributed by atoms with Gasteiger partial charge in [-0.15, -0.1) is 0 Å². The highest BCUT2D eigenvalue weighted by atomic mass is 16.4. The van der Waals surface area contributed by atoms with Crippen LogP contribution in [0.25, 0.3) is 0 Å². The highest BCUT2D eigenvalue weighted by Crippen LogP contribution is 2.32. The molecular formula is C26H29N3O3. The fourth-order valence-corrected chi connectivity index (χ4v) is 3.83. The van der Waals surface area contributed by atoms with Gasteiger partial charge in [0.15, 0.2) is 0 Å². The molecule has 0 aliphatic carbocycles. The van der Waals surface area contributed by atoms with Crippen LogP contribution in [0.15, 0.2) is 72.0 Å². The molecule has 0 radical (unpaired) electrons. The van der Waals surface area contributed by atoms with Crippen molar-refractivity contribution in [2.75, 3.05) is 13.2 Å². The maximum atomic E-state index is 12.0. The van der Waals surface area contributed by atoms with Crippen LogP contribution in [0.3, 0.4) is 0 Å². The van der Waals surface area contributed by atoms with Gasteiger partial charge in [0.25, 0.3) is 0 Å².